The molecule has 0 amide bonds. The third kappa shape index (κ3) is 3.30. The number of methoxy groups -OCH3 is 1. The standard InChI is InChI=1S/C19H21NO4/c1-3-4-11-23-17-10-9-14(12-18(17)22-2)13-20-15-7-5-6-8-16(15)24-19(20)21/h5-10,12H,3-4,11,13H2,1-2H3. The normalized spacial score (nSPS) is 10.9. The number of hydrogen-bond donors (Lipinski definition) is 0. The number of unbranched alkanes of at least 4 members (excludes halogenated alkanes) is 1. The maximum absolute atomic E-state index is 12.1. The number of benzene rings is 2. The molecular formula is C19H21NO4. The molecule has 0 saturated carbocycles. The summed E-state index contributed by atoms with van der Waals surface area (Å²) in [5.41, 5.74) is 2.32. The van der Waals surface area contributed by atoms with Crippen molar-refractivity contribution in [3.05, 3.63) is 58.6 Å². The summed E-state index contributed by atoms with van der Waals surface area (Å²) in [6.07, 6.45) is 2.08. The van der Waals surface area contributed by atoms with Crippen molar-refractivity contribution >= 4 is 11.1 Å². The fraction of sp³-hybridized carbons (Fsp3) is 0.316. The average molecular weight is 327 g/mol. The van der Waals surface area contributed by atoms with Crippen LogP contribution < -0.4 is 15.2 Å². The van der Waals surface area contributed by atoms with Crippen LogP contribution in [-0.4, -0.2) is 18.3 Å². The zero-order valence-corrected chi connectivity index (χ0v) is 14.0. The molecule has 0 atom stereocenters. The van der Waals surface area contributed by atoms with Gasteiger partial charge in [-0.15, -0.1) is 0 Å². The number of aromatic nitrogens is 1. The first-order chi connectivity index (χ1) is 11.7. The lowest BCUT2D eigenvalue weighted by Crippen LogP contribution is -2.14. The molecule has 3 rings (SSSR count). The Balaban J connectivity index is 1.87. The number of oxazole rings is 1. The van der Waals surface area contributed by atoms with E-state index in [0.717, 1.165) is 29.7 Å². The van der Waals surface area contributed by atoms with E-state index >= 15 is 0 Å². The van der Waals surface area contributed by atoms with Gasteiger partial charge in [-0.05, 0) is 36.2 Å². The molecule has 2 aromatic carbocycles. The Morgan fingerprint density at radius 1 is 1.12 bits per heavy atom. The Hall–Kier alpha value is -2.69. The van der Waals surface area contributed by atoms with Crippen molar-refractivity contribution in [2.75, 3.05) is 13.7 Å². The molecule has 24 heavy (non-hydrogen) atoms. The van der Waals surface area contributed by atoms with Crippen molar-refractivity contribution in [3.63, 3.8) is 0 Å². The summed E-state index contributed by atoms with van der Waals surface area (Å²) in [4.78, 5) is 12.1. The number of para-hydroxylation sites is 2. The van der Waals surface area contributed by atoms with Crippen LogP contribution in [-0.2, 0) is 6.54 Å². The minimum absolute atomic E-state index is 0.363. The number of rotatable bonds is 7. The molecule has 0 spiro atoms. The highest BCUT2D eigenvalue weighted by molar-refractivity contribution is 5.72. The van der Waals surface area contributed by atoms with E-state index in [0.29, 0.717) is 24.5 Å². The van der Waals surface area contributed by atoms with E-state index in [-0.39, 0.29) is 5.76 Å². The Labute approximate surface area is 140 Å². The zero-order valence-electron chi connectivity index (χ0n) is 14.0. The van der Waals surface area contributed by atoms with E-state index in [1.807, 2.05) is 36.4 Å². The van der Waals surface area contributed by atoms with Crippen molar-refractivity contribution < 1.29 is 13.9 Å². The highest BCUT2D eigenvalue weighted by Crippen LogP contribution is 2.29. The van der Waals surface area contributed by atoms with E-state index < -0.39 is 0 Å². The summed E-state index contributed by atoms with van der Waals surface area (Å²) in [5, 5.41) is 0. The Morgan fingerprint density at radius 2 is 1.96 bits per heavy atom. The summed E-state index contributed by atoms with van der Waals surface area (Å²) in [6, 6.07) is 13.1. The van der Waals surface area contributed by atoms with E-state index in [4.69, 9.17) is 13.9 Å². The summed E-state index contributed by atoms with van der Waals surface area (Å²) < 4.78 is 18.0. The van der Waals surface area contributed by atoms with Gasteiger partial charge in [0, 0.05) is 0 Å². The molecule has 1 heterocycles. The topological polar surface area (TPSA) is 53.6 Å². The lowest BCUT2D eigenvalue weighted by molar-refractivity contribution is 0.288. The van der Waals surface area contributed by atoms with Gasteiger partial charge in [-0.2, -0.15) is 0 Å². The molecule has 5 nitrogen and oxygen atoms in total. The number of ether oxygens (including phenoxy) is 2. The highest BCUT2D eigenvalue weighted by atomic mass is 16.5. The van der Waals surface area contributed by atoms with Gasteiger partial charge in [-0.1, -0.05) is 31.5 Å². The van der Waals surface area contributed by atoms with Crippen LogP contribution in [0.4, 0.5) is 0 Å². The first-order valence-electron chi connectivity index (χ1n) is 8.11. The van der Waals surface area contributed by atoms with Gasteiger partial charge >= 0.3 is 5.76 Å². The van der Waals surface area contributed by atoms with E-state index in [2.05, 4.69) is 6.92 Å². The molecule has 0 saturated heterocycles. The zero-order chi connectivity index (χ0) is 16.9. The second kappa shape index (κ2) is 7.25. The highest BCUT2D eigenvalue weighted by Gasteiger charge is 2.11. The first kappa shape index (κ1) is 16.2. The second-order valence-electron chi connectivity index (χ2n) is 5.61. The van der Waals surface area contributed by atoms with Gasteiger partial charge in [-0.3, -0.25) is 4.57 Å². The molecule has 0 aliphatic rings. The van der Waals surface area contributed by atoms with Crippen molar-refractivity contribution in [2.24, 2.45) is 0 Å². The lowest BCUT2D eigenvalue weighted by Gasteiger charge is -2.12. The van der Waals surface area contributed by atoms with Crippen LogP contribution in [0, 0.1) is 0 Å². The molecule has 0 radical (unpaired) electrons. The molecular weight excluding hydrogens is 306 g/mol. The molecule has 1 aromatic heterocycles. The summed E-state index contributed by atoms with van der Waals surface area (Å²) in [5.74, 6) is 1.03. The van der Waals surface area contributed by atoms with Crippen LogP contribution in [0.2, 0.25) is 0 Å². The van der Waals surface area contributed by atoms with Crippen molar-refractivity contribution in [1.29, 1.82) is 0 Å². The second-order valence-corrected chi connectivity index (χ2v) is 5.61. The predicted octanol–water partition coefficient (Wildman–Crippen LogP) is 3.83. The third-order valence-electron chi connectivity index (χ3n) is 3.90. The van der Waals surface area contributed by atoms with E-state index in [1.165, 1.54) is 0 Å². The van der Waals surface area contributed by atoms with Gasteiger partial charge in [0.05, 0.1) is 25.8 Å². The molecule has 126 valence electrons. The van der Waals surface area contributed by atoms with Crippen LogP contribution >= 0.6 is 0 Å². The predicted molar refractivity (Wildman–Crippen MR) is 93.0 cm³/mol. The van der Waals surface area contributed by atoms with E-state index in [9.17, 15) is 4.79 Å². The van der Waals surface area contributed by atoms with Crippen molar-refractivity contribution in [2.45, 2.75) is 26.3 Å². The lowest BCUT2D eigenvalue weighted by atomic mass is 10.2. The monoisotopic (exact) mass is 327 g/mol. The molecule has 3 aromatic rings. The molecule has 0 aliphatic heterocycles. The van der Waals surface area contributed by atoms with Gasteiger partial charge in [0.15, 0.2) is 17.1 Å². The average Bonchev–Trinajstić information content (AvgIpc) is 2.92. The quantitative estimate of drug-likeness (QED) is 0.619. The Morgan fingerprint density at radius 3 is 2.75 bits per heavy atom. The van der Waals surface area contributed by atoms with Gasteiger partial charge in [0.25, 0.3) is 0 Å². The minimum Gasteiger partial charge on any atom is -0.493 e. The van der Waals surface area contributed by atoms with Crippen LogP contribution in [0.15, 0.2) is 51.7 Å². The molecule has 5 heteroatoms. The van der Waals surface area contributed by atoms with Gasteiger partial charge < -0.3 is 13.9 Å². The fourth-order valence-electron chi connectivity index (χ4n) is 2.60. The third-order valence-corrected chi connectivity index (χ3v) is 3.90. The first-order valence-corrected chi connectivity index (χ1v) is 8.11. The number of hydrogen-bond acceptors (Lipinski definition) is 4. The summed E-state index contributed by atoms with van der Waals surface area (Å²) in [7, 11) is 1.62. The van der Waals surface area contributed by atoms with Gasteiger partial charge in [0.2, 0.25) is 0 Å². The molecule has 0 N–H and O–H groups in total. The van der Waals surface area contributed by atoms with Crippen molar-refractivity contribution in [1.82, 2.24) is 4.57 Å². The van der Waals surface area contributed by atoms with Crippen LogP contribution in [0.1, 0.15) is 25.3 Å². The van der Waals surface area contributed by atoms with Crippen LogP contribution in [0.25, 0.3) is 11.1 Å². The minimum atomic E-state index is -0.363. The van der Waals surface area contributed by atoms with Gasteiger partial charge in [0.1, 0.15) is 0 Å². The largest absolute Gasteiger partial charge is 0.493 e. The SMILES string of the molecule is CCCCOc1ccc(Cn2c(=O)oc3ccccc32)cc1OC. The maximum Gasteiger partial charge on any atom is 0.420 e. The van der Waals surface area contributed by atoms with E-state index in [1.54, 1.807) is 17.7 Å². The number of nitrogens with zero attached hydrogens (tertiary/aromatic N) is 1. The molecule has 0 unspecified atom stereocenters. The molecule has 0 aliphatic carbocycles. The van der Waals surface area contributed by atoms with Crippen molar-refractivity contribution in [3.8, 4) is 11.5 Å². The van der Waals surface area contributed by atoms with Crippen LogP contribution in [0.3, 0.4) is 0 Å². The summed E-state index contributed by atoms with van der Waals surface area (Å²) >= 11 is 0. The Kier molecular flexibility index (Phi) is 4.89. The summed E-state index contributed by atoms with van der Waals surface area (Å²) in [6.45, 7) is 3.20. The number of fused-ring (bicyclic) bond motifs is 1. The smallest absolute Gasteiger partial charge is 0.420 e. The maximum atomic E-state index is 12.1. The van der Waals surface area contributed by atoms with Crippen LogP contribution in [0.5, 0.6) is 11.5 Å². The van der Waals surface area contributed by atoms with Gasteiger partial charge in [-0.25, -0.2) is 4.79 Å². The molecule has 0 fully saturated rings. The Bertz CT molecular complexity index is 878. The fourth-order valence-corrected chi connectivity index (χ4v) is 2.60. The molecule has 0 bridgehead atoms.